The van der Waals surface area contributed by atoms with Crippen LogP contribution in [0.5, 0.6) is 0 Å². The Labute approximate surface area is 176 Å². The third-order valence-corrected chi connectivity index (χ3v) is 6.15. The number of hydrogen-bond acceptors (Lipinski definition) is 6. The Morgan fingerprint density at radius 2 is 2.03 bits per heavy atom. The second-order valence-electron chi connectivity index (χ2n) is 8.09. The molecule has 0 bridgehead atoms. The lowest BCUT2D eigenvalue weighted by molar-refractivity contribution is -0.163. The number of amides is 2. The number of carbonyl (C=O) groups excluding carboxylic acids is 4. The summed E-state index contributed by atoms with van der Waals surface area (Å²) in [6.07, 6.45) is 2.08. The van der Waals surface area contributed by atoms with E-state index in [1.54, 1.807) is 6.92 Å². The van der Waals surface area contributed by atoms with Crippen molar-refractivity contribution in [1.29, 1.82) is 0 Å². The highest BCUT2D eigenvalue weighted by Crippen LogP contribution is 2.48. The summed E-state index contributed by atoms with van der Waals surface area (Å²) >= 11 is 0. The number of Topliss-reactive ketones (excluding diaryl/α,β-unsaturated/α-hetero) is 1. The van der Waals surface area contributed by atoms with E-state index in [0.29, 0.717) is 12.8 Å². The molecule has 2 fully saturated rings. The molecule has 160 valence electrons. The van der Waals surface area contributed by atoms with Crippen molar-refractivity contribution >= 4 is 23.8 Å². The third kappa shape index (κ3) is 4.45. The summed E-state index contributed by atoms with van der Waals surface area (Å²) in [5.74, 6) is -2.48. The Bertz CT molecular complexity index is 835. The second kappa shape index (κ2) is 9.24. The highest BCUT2D eigenvalue weighted by Gasteiger charge is 2.54. The first-order chi connectivity index (χ1) is 14.4. The highest BCUT2D eigenvalue weighted by molar-refractivity contribution is 6.02. The largest absolute Gasteiger partial charge is 0.461 e. The van der Waals surface area contributed by atoms with Gasteiger partial charge in [-0.15, -0.1) is 0 Å². The summed E-state index contributed by atoms with van der Waals surface area (Å²) in [4.78, 5) is 51.6. The Hall–Kier alpha value is -2.96. The molecule has 7 nitrogen and oxygen atoms in total. The smallest absolute Gasteiger partial charge is 0.416 e. The van der Waals surface area contributed by atoms with Crippen LogP contribution >= 0.6 is 0 Å². The summed E-state index contributed by atoms with van der Waals surface area (Å²) in [7, 11) is 0. The lowest BCUT2D eigenvalue weighted by Crippen LogP contribution is -2.51. The van der Waals surface area contributed by atoms with Crippen LogP contribution in [0.15, 0.2) is 43.0 Å². The highest BCUT2D eigenvalue weighted by atomic mass is 16.6. The number of nitrogens with zero attached hydrogens (tertiary/aromatic N) is 1. The number of rotatable bonds is 7. The van der Waals surface area contributed by atoms with Gasteiger partial charge in [-0.25, -0.2) is 9.69 Å². The quantitative estimate of drug-likeness (QED) is 0.388. The standard InChI is InChI=1S/C23H27NO6/c1-3-12-29-21(27)20-18(25)10-9-17(14-16-7-5-4-6-8-16)23(20,2)15-19(26)24-11-13-30-22(24)28/h3-8,17,20H,1,9-15H2,2H3/t17-,20?,23-/m0/s1. The molecule has 30 heavy (non-hydrogen) atoms. The third-order valence-electron chi connectivity index (χ3n) is 6.15. The fourth-order valence-corrected chi connectivity index (χ4v) is 4.54. The first-order valence-electron chi connectivity index (χ1n) is 10.2. The Morgan fingerprint density at radius 3 is 2.67 bits per heavy atom. The fraction of sp³-hybridized carbons (Fsp3) is 0.478. The monoisotopic (exact) mass is 413 g/mol. The van der Waals surface area contributed by atoms with E-state index in [0.717, 1.165) is 10.5 Å². The number of carbonyl (C=O) groups is 4. The van der Waals surface area contributed by atoms with Gasteiger partial charge in [-0.05, 0) is 29.7 Å². The molecule has 2 aliphatic rings. The van der Waals surface area contributed by atoms with E-state index in [2.05, 4.69) is 6.58 Å². The molecule has 3 rings (SSSR count). The summed E-state index contributed by atoms with van der Waals surface area (Å²) < 4.78 is 10.1. The molecule has 0 N–H and O–H groups in total. The molecule has 2 amide bonds. The number of ketones is 1. The minimum atomic E-state index is -1.07. The lowest BCUT2D eigenvalue weighted by Gasteiger charge is -2.45. The zero-order valence-corrected chi connectivity index (χ0v) is 17.2. The van der Waals surface area contributed by atoms with Gasteiger partial charge in [-0.3, -0.25) is 14.4 Å². The number of ether oxygens (including phenoxy) is 2. The number of hydrogen-bond donors (Lipinski definition) is 0. The van der Waals surface area contributed by atoms with Crippen molar-refractivity contribution in [3.63, 3.8) is 0 Å². The molecule has 1 saturated heterocycles. The Kier molecular flexibility index (Phi) is 6.70. The van der Waals surface area contributed by atoms with Gasteiger partial charge in [-0.1, -0.05) is 49.9 Å². The molecule has 7 heteroatoms. The molecule has 3 atom stereocenters. The maximum atomic E-state index is 13.0. The van der Waals surface area contributed by atoms with Crippen LogP contribution in [0.3, 0.4) is 0 Å². The molecule has 1 unspecified atom stereocenters. The van der Waals surface area contributed by atoms with E-state index in [-0.39, 0.29) is 44.3 Å². The van der Waals surface area contributed by atoms with E-state index in [4.69, 9.17) is 9.47 Å². The van der Waals surface area contributed by atoms with E-state index < -0.39 is 29.3 Å². The van der Waals surface area contributed by atoms with Gasteiger partial charge < -0.3 is 9.47 Å². The van der Waals surface area contributed by atoms with Crippen molar-refractivity contribution in [2.24, 2.45) is 17.3 Å². The van der Waals surface area contributed by atoms with E-state index >= 15 is 0 Å². The summed E-state index contributed by atoms with van der Waals surface area (Å²) in [5.41, 5.74) is 0.0814. The minimum absolute atomic E-state index is 0.00551. The predicted molar refractivity (Wildman–Crippen MR) is 108 cm³/mol. The van der Waals surface area contributed by atoms with Crippen molar-refractivity contribution in [3.8, 4) is 0 Å². The molecule has 0 aromatic heterocycles. The maximum Gasteiger partial charge on any atom is 0.416 e. The molecule has 0 spiro atoms. The molecular weight excluding hydrogens is 386 g/mol. The van der Waals surface area contributed by atoms with Crippen LogP contribution in [0.4, 0.5) is 4.79 Å². The Balaban J connectivity index is 1.92. The Morgan fingerprint density at radius 1 is 1.30 bits per heavy atom. The second-order valence-corrected chi connectivity index (χ2v) is 8.09. The molecule has 0 radical (unpaired) electrons. The average molecular weight is 413 g/mol. The summed E-state index contributed by atoms with van der Waals surface area (Å²) in [6, 6.07) is 9.76. The summed E-state index contributed by atoms with van der Waals surface area (Å²) in [6.45, 7) is 5.65. The van der Waals surface area contributed by atoms with Gasteiger partial charge in [0, 0.05) is 12.8 Å². The van der Waals surface area contributed by atoms with Crippen LogP contribution in [0.1, 0.15) is 31.7 Å². The number of benzene rings is 1. The summed E-state index contributed by atoms with van der Waals surface area (Å²) in [5, 5.41) is 0. The average Bonchev–Trinajstić information content (AvgIpc) is 3.15. The van der Waals surface area contributed by atoms with Crippen LogP contribution in [0.25, 0.3) is 0 Å². The van der Waals surface area contributed by atoms with Crippen LogP contribution in [0.2, 0.25) is 0 Å². The lowest BCUT2D eigenvalue weighted by atomic mass is 9.57. The molecule has 1 aromatic rings. The van der Waals surface area contributed by atoms with Crippen LogP contribution in [0, 0.1) is 17.3 Å². The first-order valence-corrected chi connectivity index (χ1v) is 10.2. The van der Waals surface area contributed by atoms with Gasteiger partial charge in [0.2, 0.25) is 5.91 Å². The zero-order valence-electron chi connectivity index (χ0n) is 17.2. The number of imide groups is 1. The first kappa shape index (κ1) is 21.7. The molecule has 1 aliphatic carbocycles. The van der Waals surface area contributed by atoms with Gasteiger partial charge >= 0.3 is 12.1 Å². The van der Waals surface area contributed by atoms with Crippen LogP contribution in [-0.4, -0.2) is 48.4 Å². The van der Waals surface area contributed by atoms with Crippen molar-refractivity contribution in [2.45, 2.75) is 32.6 Å². The molecule has 1 aromatic carbocycles. The molecule has 1 saturated carbocycles. The molecular formula is C23H27NO6. The van der Waals surface area contributed by atoms with Gasteiger partial charge in [-0.2, -0.15) is 0 Å². The number of cyclic esters (lactones) is 1. The SMILES string of the molecule is C=CCOC(=O)C1C(=O)CC[C@@H](Cc2ccccc2)[C@]1(C)CC(=O)N1CCOC1=O. The van der Waals surface area contributed by atoms with Crippen LogP contribution < -0.4 is 0 Å². The van der Waals surface area contributed by atoms with E-state index in [9.17, 15) is 19.2 Å². The maximum absolute atomic E-state index is 13.0. The van der Waals surface area contributed by atoms with E-state index in [1.165, 1.54) is 6.08 Å². The van der Waals surface area contributed by atoms with Gasteiger partial charge in [0.05, 0.1) is 6.54 Å². The van der Waals surface area contributed by atoms with Gasteiger partial charge in [0.1, 0.15) is 24.9 Å². The molecule has 1 heterocycles. The van der Waals surface area contributed by atoms with Gasteiger partial charge in [0.25, 0.3) is 0 Å². The van der Waals surface area contributed by atoms with Crippen molar-refractivity contribution in [2.75, 3.05) is 19.8 Å². The van der Waals surface area contributed by atoms with Crippen molar-refractivity contribution in [3.05, 3.63) is 48.6 Å². The molecule has 1 aliphatic heterocycles. The predicted octanol–water partition coefficient (Wildman–Crippen LogP) is 2.93. The van der Waals surface area contributed by atoms with Crippen molar-refractivity contribution in [1.82, 2.24) is 4.90 Å². The minimum Gasteiger partial charge on any atom is -0.461 e. The van der Waals surface area contributed by atoms with E-state index in [1.807, 2.05) is 30.3 Å². The fourth-order valence-electron chi connectivity index (χ4n) is 4.54. The topological polar surface area (TPSA) is 90.0 Å². The van der Waals surface area contributed by atoms with Crippen molar-refractivity contribution < 1.29 is 28.7 Å². The number of esters is 1. The van der Waals surface area contributed by atoms with Crippen LogP contribution in [-0.2, 0) is 30.3 Å². The zero-order chi connectivity index (χ0) is 21.7. The normalized spacial score (nSPS) is 26.2. The van der Waals surface area contributed by atoms with Gasteiger partial charge in [0.15, 0.2) is 0 Å².